The molecular formula is C15H20N2O5S. The van der Waals surface area contributed by atoms with Crippen LogP contribution in [0.25, 0.3) is 0 Å². The molecule has 1 saturated heterocycles. The normalized spacial score (nSPS) is 17.6. The van der Waals surface area contributed by atoms with E-state index in [1.807, 2.05) is 0 Å². The highest BCUT2D eigenvalue weighted by molar-refractivity contribution is 7.89. The largest absolute Gasteiger partial charge is 0.453 e. The van der Waals surface area contributed by atoms with Gasteiger partial charge in [0.25, 0.3) is 5.91 Å². The maximum Gasteiger partial charge on any atom is 0.303 e. The Bertz CT molecular complexity index is 666. The van der Waals surface area contributed by atoms with E-state index in [-0.39, 0.29) is 37.0 Å². The second-order valence-corrected chi connectivity index (χ2v) is 7.23. The number of benzene rings is 1. The van der Waals surface area contributed by atoms with Crippen molar-refractivity contribution in [2.45, 2.75) is 24.8 Å². The summed E-state index contributed by atoms with van der Waals surface area (Å²) >= 11 is 0. The number of esters is 1. The number of sulfonamides is 1. The van der Waals surface area contributed by atoms with Crippen molar-refractivity contribution >= 4 is 21.9 Å². The summed E-state index contributed by atoms with van der Waals surface area (Å²) in [5, 5.41) is 0. The number of carbonyl (C=O) groups is 2. The monoisotopic (exact) mass is 340 g/mol. The van der Waals surface area contributed by atoms with Gasteiger partial charge in [-0.3, -0.25) is 9.59 Å². The van der Waals surface area contributed by atoms with E-state index in [2.05, 4.69) is 0 Å². The van der Waals surface area contributed by atoms with Gasteiger partial charge in [0.1, 0.15) is 0 Å². The van der Waals surface area contributed by atoms with Gasteiger partial charge in [-0.25, -0.2) is 8.42 Å². The van der Waals surface area contributed by atoms with Crippen molar-refractivity contribution in [1.29, 1.82) is 0 Å². The maximum absolute atomic E-state index is 12.5. The number of nitrogens with zero attached hydrogens (tertiary/aromatic N) is 2. The summed E-state index contributed by atoms with van der Waals surface area (Å²) in [6, 6.07) is 8.21. The van der Waals surface area contributed by atoms with Crippen molar-refractivity contribution in [2.24, 2.45) is 0 Å². The zero-order valence-corrected chi connectivity index (χ0v) is 14.0. The van der Waals surface area contributed by atoms with Gasteiger partial charge in [-0.1, -0.05) is 18.2 Å². The Morgan fingerprint density at radius 2 is 1.65 bits per heavy atom. The smallest absolute Gasteiger partial charge is 0.303 e. The Morgan fingerprint density at radius 1 is 1.09 bits per heavy atom. The van der Waals surface area contributed by atoms with Crippen LogP contribution in [-0.4, -0.2) is 61.8 Å². The Kier molecular flexibility index (Phi) is 5.38. The van der Waals surface area contributed by atoms with Gasteiger partial charge in [0.15, 0.2) is 6.10 Å². The minimum absolute atomic E-state index is 0.218. The van der Waals surface area contributed by atoms with Crippen LogP contribution >= 0.6 is 0 Å². The first-order valence-electron chi connectivity index (χ1n) is 7.33. The molecule has 1 heterocycles. The molecule has 2 rings (SSSR count). The van der Waals surface area contributed by atoms with E-state index in [0.29, 0.717) is 0 Å². The minimum Gasteiger partial charge on any atom is -0.453 e. The van der Waals surface area contributed by atoms with Crippen LogP contribution in [0.2, 0.25) is 0 Å². The Morgan fingerprint density at radius 3 is 2.17 bits per heavy atom. The lowest BCUT2D eigenvalue weighted by atomic mass is 10.3. The van der Waals surface area contributed by atoms with E-state index in [9.17, 15) is 18.0 Å². The molecule has 1 aliphatic rings. The van der Waals surface area contributed by atoms with Crippen LogP contribution in [-0.2, 0) is 24.3 Å². The number of piperazine rings is 1. The Labute approximate surface area is 135 Å². The van der Waals surface area contributed by atoms with Crippen molar-refractivity contribution in [3.05, 3.63) is 30.3 Å². The molecule has 1 atom stereocenters. The predicted octanol–water partition coefficient (Wildman–Crippen LogP) is 0.471. The maximum atomic E-state index is 12.5. The third kappa shape index (κ3) is 4.08. The molecule has 7 nitrogen and oxygen atoms in total. The van der Waals surface area contributed by atoms with E-state index in [0.717, 1.165) is 0 Å². The number of rotatable bonds is 4. The van der Waals surface area contributed by atoms with Gasteiger partial charge in [-0.15, -0.1) is 0 Å². The third-order valence-corrected chi connectivity index (χ3v) is 5.53. The fourth-order valence-electron chi connectivity index (χ4n) is 2.45. The van der Waals surface area contributed by atoms with Gasteiger partial charge in [-0.05, 0) is 19.1 Å². The first-order valence-corrected chi connectivity index (χ1v) is 8.77. The lowest BCUT2D eigenvalue weighted by Crippen LogP contribution is -2.52. The average molecular weight is 340 g/mol. The number of hydrogen-bond acceptors (Lipinski definition) is 5. The Hall–Kier alpha value is -1.93. The van der Waals surface area contributed by atoms with Crippen LogP contribution in [0.5, 0.6) is 0 Å². The molecule has 0 saturated carbocycles. The highest BCUT2D eigenvalue weighted by Gasteiger charge is 2.32. The molecule has 8 heteroatoms. The SMILES string of the molecule is CC(=O)O[C@@H](C)C(=O)N1CCN(S(=O)(=O)c2ccccc2)CC1. The lowest BCUT2D eigenvalue weighted by molar-refractivity contribution is -0.157. The quantitative estimate of drug-likeness (QED) is 0.744. The lowest BCUT2D eigenvalue weighted by Gasteiger charge is -2.35. The van der Waals surface area contributed by atoms with Crippen molar-refractivity contribution in [3.8, 4) is 0 Å². The third-order valence-electron chi connectivity index (χ3n) is 3.62. The predicted molar refractivity (Wildman–Crippen MR) is 83.0 cm³/mol. The second-order valence-electron chi connectivity index (χ2n) is 5.29. The number of amides is 1. The first-order chi connectivity index (χ1) is 10.8. The molecule has 0 spiro atoms. The molecule has 0 bridgehead atoms. The summed E-state index contributed by atoms with van der Waals surface area (Å²) in [4.78, 5) is 24.8. The molecule has 1 aliphatic heterocycles. The van der Waals surface area contributed by atoms with Gasteiger partial charge in [0.2, 0.25) is 10.0 Å². The number of carbonyl (C=O) groups excluding carboxylic acids is 2. The molecule has 0 unspecified atom stereocenters. The summed E-state index contributed by atoms with van der Waals surface area (Å²) in [6.45, 7) is 3.74. The summed E-state index contributed by atoms with van der Waals surface area (Å²) in [5.74, 6) is -0.826. The van der Waals surface area contributed by atoms with E-state index in [4.69, 9.17) is 4.74 Å². The van der Waals surface area contributed by atoms with Crippen LogP contribution in [0.3, 0.4) is 0 Å². The minimum atomic E-state index is -3.54. The first kappa shape index (κ1) is 17.4. The van der Waals surface area contributed by atoms with Gasteiger partial charge < -0.3 is 9.64 Å². The summed E-state index contributed by atoms with van der Waals surface area (Å²) in [6.07, 6.45) is -0.857. The van der Waals surface area contributed by atoms with Crippen LogP contribution < -0.4 is 0 Å². The standard InChI is InChI=1S/C15H20N2O5S/c1-12(22-13(2)18)15(19)16-8-10-17(11-9-16)23(20,21)14-6-4-3-5-7-14/h3-7,12H,8-11H2,1-2H3/t12-/m0/s1. The van der Waals surface area contributed by atoms with Gasteiger partial charge in [0, 0.05) is 33.1 Å². The molecular weight excluding hydrogens is 320 g/mol. The van der Waals surface area contributed by atoms with E-state index < -0.39 is 22.1 Å². The van der Waals surface area contributed by atoms with Gasteiger partial charge in [-0.2, -0.15) is 4.31 Å². The van der Waals surface area contributed by atoms with Gasteiger partial charge in [0.05, 0.1) is 4.90 Å². The molecule has 23 heavy (non-hydrogen) atoms. The van der Waals surface area contributed by atoms with Crippen molar-refractivity contribution < 1.29 is 22.7 Å². The molecule has 1 fully saturated rings. The van der Waals surface area contributed by atoms with Crippen LogP contribution in [0.4, 0.5) is 0 Å². The highest BCUT2D eigenvalue weighted by atomic mass is 32.2. The number of ether oxygens (including phenoxy) is 1. The molecule has 0 aliphatic carbocycles. The van der Waals surface area contributed by atoms with E-state index in [1.165, 1.54) is 23.1 Å². The average Bonchev–Trinajstić information content (AvgIpc) is 2.54. The summed E-state index contributed by atoms with van der Waals surface area (Å²) in [7, 11) is -3.54. The van der Waals surface area contributed by atoms with Crippen LogP contribution in [0.15, 0.2) is 35.2 Å². The highest BCUT2D eigenvalue weighted by Crippen LogP contribution is 2.17. The molecule has 1 aromatic rings. The van der Waals surface area contributed by atoms with Gasteiger partial charge >= 0.3 is 5.97 Å². The zero-order chi connectivity index (χ0) is 17.0. The van der Waals surface area contributed by atoms with Crippen LogP contribution in [0.1, 0.15) is 13.8 Å². The molecule has 1 amide bonds. The zero-order valence-electron chi connectivity index (χ0n) is 13.1. The Balaban J connectivity index is 1.99. The molecule has 0 aromatic heterocycles. The van der Waals surface area contributed by atoms with Crippen molar-refractivity contribution in [2.75, 3.05) is 26.2 Å². The summed E-state index contributed by atoms with van der Waals surface area (Å²) < 4.78 is 31.2. The fraction of sp³-hybridized carbons (Fsp3) is 0.467. The molecule has 0 N–H and O–H groups in total. The fourth-order valence-corrected chi connectivity index (χ4v) is 3.89. The summed E-state index contributed by atoms with van der Waals surface area (Å²) in [5.41, 5.74) is 0. The molecule has 0 radical (unpaired) electrons. The van der Waals surface area contributed by atoms with E-state index >= 15 is 0 Å². The van der Waals surface area contributed by atoms with E-state index in [1.54, 1.807) is 30.3 Å². The van der Waals surface area contributed by atoms with Crippen molar-refractivity contribution in [3.63, 3.8) is 0 Å². The number of hydrogen-bond donors (Lipinski definition) is 0. The topological polar surface area (TPSA) is 84.0 Å². The second kappa shape index (κ2) is 7.10. The molecule has 126 valence electrons. The molecule has 1 aromatic carbocycles. The van der Waals surface area contributed by atoms with Crippen LogP contribution in [0, 0.1) is 0 Å². The van der Waals surface area contributed by atoms with Crippen molar-refractivity contribution in [1.82, 2.24) is 9.21 Å².